The molecule has 2 rings (SSSR count). The van der Waals surface area contributed by atoms with E-state index in [9.17, 15) is 5.11 Å². The molecule has 0 aliphatic carbocycles. The second kappa shape index (κ2) is 9.62. The Morgan fingerprint density at radius 3 is 2.13 bits per heavy atom. The van der Waals surface area contributed by atoms with Crippen LogP contribution >= 0.6 is 17.0 Å². The first-order valence-electron chi connectivity index (χ1n) is 7.19. The molecule has 2 aromatic rings. The van der Waals surface area contributed by atoms with Gasteiger partial charge >= 0.3 is 37.9 Å². The van der Waals surface area contributed by atoms with Gasteiger partial charge in [-0.2, -0.15) is 0 Å². The van der Waals surface area contributed by atoms with E-state index in [0.29, 0.717) is 5.75 Å². The summed E-state index contributed by atoms with van der Waals surface area (Å²) in [5.74, 6) is 0.316. The Bertz CT molecular complexity index is 649. The molecule has 0 saturated heterocycles. The molecular formula is C18H21Cl2NOZr. The van der Waals surface area contributed by atoms with Crippen LogP contribution in [-0.2, 0) is 26.3 Å². The maximum atomic E-state index is 10.4. The second-order valence-corrected chi connectivity index (χ2v) is 9.89. The van der Waals surface area contributed by atoms with Crippen molar-refractivity contribution in [3.63, 3.8) is 0 Å². The van der Waals surface area contributed by atoms with Crippen LogP contribution in [-0.4, -0.2) is 11.3 Å². The van der Waals surface area contributed by atoms with Crippen LogP contribution in [0.2, 0.25) is 0 Å². The number of aromatic hydroxyl groups is 1. The summed E-state index contributed by atoms with van der Waals surface area (Å²) in [5.41, 5.74) is 3.69. The number of hydrogen-bond donors (Lipinski definition) is 1. The molecule has 0 aliphatic rings. The van der Waals surface area contributed by atoms with Crippen LogP contribution in [0.15, 0.2) is 47.5 Å². The van der Waals surface area contributed by atoms with E-state index in [4.69, 9.17) is 17.0 Å². The van der Waals surface area contributed by atoms with Gasteiger partial charge in [-0.1, -0.05) is 50.6 Å². The van der Waals surface area contributed by atoms with Crippen molar-refractivity contribution in [3.05, 3.63) is 59.2 Å². The molecule has 5 heteroatoms. The van der Waals surface area contributed by atoms with E-state index in [0.717, 1.165) is 16.8 Å². The number of para-hydroxylation sites is 1. The summed E-state index contributed by atoms with van der Waals surface area (Å²) < 4.78 is 0. The third kappa shape index (κ3) is 6.79. The first kappa shape index (κ1) is 20.4. The van der Waals surface area contributed by atoms with Crippen molar-refractivity contribution in [2.45, 2.75) is 33.1 Å². The minimum atomic E-state index is -0.826. The number of phenolic OH excluding ortho intramolecular Hbond substituents is 1. The number of halogens is 2. The van der Waals surface area contributed by atoms with Crippen molar-refractivity contribution in [1.29, 1.82) is 0 Å². The average molecular weight is 430 g/mol. The Morgan fingerprint density at radius 1 is 1.04 bits per heavy atom. The van der Waals surface area contributed by atoms with Gasteiger partial charge in [0.05, 0.1) is 5.69 Å². The summed E-state index contributed by atoms with van der Waals surface area (Å²) in [6, 6.07) is 13.8. The average Bonchev–Trinajstić information content (AvgIpc) is 2.47. The van der Waals surface area contributed by atoms with Crippen molar-refractivity contribution in [2.24, 2.45) is 4.99 Å². The normalized spacial score (nSPS) is 11.0. The molecule has 0 aliphatic heterocycles. The number of nitrogens with zero attached hydrogens (tertiary/aromatic N) is 1. The van der Waals surface area contributed by atoms with E-state index < -0.39 is 20.8 Å². The number of phenols is 1. The van der Waals surface area contributed by atoms with Crippen LogP contribution in [0.4, 0.5) is 5.69 Å². The molecule has 0 fully saturated rings. The Morgan fingerprint density at radius 2 is 1.61 bits per heavy atom. The van der Waals surface area contributed by atoms with Gasteiger partial charge in [0.2, 0.25) is 0 Å². The molecular weight excluding hydrogens is 408 g/mol. The molecule has 0 amide bonds. The SMILES string of the molecule is Cc1ccc(N=Cc2cccc(C(C)(C)C)c2O)cc1.[Cl][Zr][Cl]. The number of aryl methyl sites for hydroxylation is 1. The molecule has 0 aromatic heterocycles. The van der Waals surface area contributed by atoms with Gasteiger partial charge < -0.3 is 5.11 Å². The van der Waals surface area contributed by atoms with Gasteiger partial charge in [0, 0.05) is 11.8 Å². The number of benzene rings is 2. The molecule has 0 bridgehead atoms. The van der Waals surface area contributed by atoms with Gasteiger partial charge in [-0.3, -0.25) is 4.99 Å². The zero-order valence-corrected chi connectivity index (χ0v) is 17.7. The van der Waals surface area contributed by atoms with Gasteiger partial charge in [0.25, 0.3) is 0 Å². The zero-order chi connectivity index (χ0) is 17.5. The van der Waals surface area contributed by atoms with E-state index in [1.54, 1.807) is 6.21 Å². The molecule has 0 unspecified atom stereocenters. The van der Waals surface area contributed by atoms with E-state index in [2.05, 4.69) is 25.8 Å². The summed E-state index contributed by atoms with van der Waals surface area (Å²) in [4.78, 5) is 4.42. The Hall–Kier alpha value is -0.627. The molecule has 0 heterocycles. The third-order valence-electron chi connectivity index (χ3n) is 3.26. The molecule has 0 saturated carbocycles. The van der Waals surface area contributed by atoms with Crippen molar-refractivity contribution >= 4 is 28.9 Å². The summed E-state index contributed by atoms with van der Waals surface area (Å²) >= 11 is -0.826. The standard InChI is InChI=1S/C18H21NO.2ClH.Zr/c1-13-8-10-15(11-9-13)19-12-14-6-5-7-16(17(14)20)18(2,3)4;;;/h5-12,20H,1-4H3;2*1H;/q;;;+2/p-2. The summed E-state index contributed by atoms with van der Waals surface area (Å²) in [5, 5.41) is 10.4. The van der Waals surface area contributed by atoms with Crippen LogP contribution in [0.1, 0.15) is 37.5 Å². The van der Waals surface area contributed by atoms with Crippen molar-refractivity contribution in [1.82, 2.24) is 0 Å². The van der Waals surface area contributed by atoms with E-state index in [1.807, 2.05) is 49.4 Å². The van der Waals surface area contributed by atoms with Crippen LogP contribution in [0.25, 0.3) is 0 Å². The molecule has 0 radical (unpaired) electrons. The molecule has 2 nitrogen and oxygen atoms in total. The molecule has 2 aromatic carbocycles. The molecule has 0 spiro atoms. The second-order valence-electron chi connectivity index (χ2n) is 6.16. The van der Waals surface area contributed by atoms with Crippen molar-refractivity contribution in [2.75, 3.05) is 0 Å². The monoisotopic (exact) mass is 427 g/mol. The number of aliphatic imine (C=N–C) groups is 1. The third-order valence-corrected chi connectivity index (χ3v) is 3.26. The van der Waals surface area contributed by atoms with E-state index >= 15 is 0 Å². The Labute approximate surface area is 157 Å². The fourth-order valence-electron chi connectivity index (χ4n) is 2.05. The zero-order valence-electron chi connectivity index (χ0n) is 13.8. The topological polar surface area (TPSA) is 32.6 Å². The quantitative estimate of drug-likeness (QED) is 0.573. The first-order chi connectivity index (χ1) is 10.8. The first-order valence-corrected chi connectivity index (χ1v) is 13.5. The Balaban J connectivity index is 0.000000816. The number of rotatable bonds is 2. The van der Waals surface area contributed by atoms with Crippen LogP contribution in [0.3, 0.4) is 0 Å². The van der Waals surface area contributed by atoms with Gasteiger partial charge in [0.15, 0.2) is 0 Å². The van der Waals surface area contributed by atoms with Crippen molar-refractivity contribution < 1.29 is 26.0 Å². The molecule has 1 N–H and O–H groups in total. The minimum absolute atomic E-state index is 0.0855. The maximum absolute atomic E-state index is 10.4. The predicted molar refractivity (Wildman–Crippen MR) is 96.9 cm³/mol. The number of hydrogen-bond acceptors (Lipinski definition) is 2. The molecule has 0 atom stereocenters. The van der Waals surface area contributed by atoms with Gasteiger partial charge in [-0.15, -0.1) is 0 Å². The van der Waals surface area contributed by atoms with Crippen LogP contribution in [0, 0.1) is 6.92 Å². The summed E-state index contributed by atoms with van der Waals surface area (Å²) in [6.07, 6.45) is 1.72. The van der Waals surface area contributed by atoms with Crippen LogP contribution in [0.5, 0.6) is 5.75 Å². The van der Waals surface area contributed by atoms with E-state index in [-0.39, 0.29) is 5.41 Å². The fourth-order valence-corrected chi connectivity index (χ4v) is 2.05. The molecule has 23 heavy (non-hydrogen) atoms. The predicted octanol–water partition coefficient (Wildman–Crippen LogP) is 6.13. The van der Waals surface area contributed by atoms with Gasteiger partial charge in [0.1, 0.15) is 5.75 Å². The molecule has 122 valence electrons. The summed E-state index contributed by atoms with van der Waals surface area (Å²) in [6.45, 7) is 8.31. The van der Waals surface area contributed by atoms with Gasteiger partial charge in [-0.05, 0) is 36.1 Å². The Kier molecular flexibility index (Phi) is 8.54. The van der Waals surface area contributed by atoms with Crippen molar-refractivity contribution in [3.8, 4) is 5.75 Å². The van der Waals surface area contributed by atoms with Gasteiger partial charge in [-0.25, -0.2) is 0 Å². The summed E-state index contributed by atoms with van der Waals surface area (Å²) in [7, 11) is 9.87. The van der Waals surface area contributed by atoms with E-state index in [1.165, 1.54) is 5.56 Å². The van der Waals surface area contributed by atoms with Crippen LogP contribution < -0.4 is 0 Å². The fraction of sp³-hybridized carbons (Fsp3) is 0.278.